The Morgan fingerprint density at radius 1 is 1.12 bits per heavy atom. The van der Waals surface area contributed by atoms with Crippen molar-refractivity contribution < 1.29 is 17.7 Å². The van der Waals surface area contributed by atoms with Gasteiger partial charge in [-0.1, -0.05) is 22.9 Å². The fraction of sp³-hybridized carbons (Fsp3) is 0.176. The minimum Gasteiger partial charge on any atom is -0.337 e. The molecule has 1 aromatic carbocycles. The zero-order chi connectivity index (χ0) is 18.9. The summed E-state index contributed by atoms with van der Waals surface area (Å²) in [5.41, 5.74) is 2.83. The maximum atomic E-state index is 12.7. The third-order valence-corrected chi connectivity index (χ3v) is 6.23. The second-order valence-corrected chi connectivity index (χ2v) is 8.33. The molecule has 0 saturated heterocycles. The molecule has 0 radical (unpaired) electrons. The van der Waals surface area contributed by atoms with Gasteiger partial charge in [0.25, 0.3) is 15.9 Å². The minimum atomic E-state index is -3.99. The van der Waals surface area contributed by atoms with Gasteiger partial charge in [0.2, 0.25) is 5.88 Å². The van der Waals surface area contributed by atoms with E-state index in [4.69, 9.17) is 4.52 Å². The monoisotopic (exact) mass is 391 g/mol. The number of hydrogen-bond acceptors (Lipinski definition) is 6. The Kier molecular flexibility index (Phi) is 4.84. The minimum absolute atomic E-state index is 0.0404. The zero-order valence-electron chi connectivity index (χ0n) is 14.4. The lowest BCUT2D eigenvalue weighted by Gasteiger charge is -2.08. The first kappa shape index (κ1) is 18.2. The van der Waals surface area contributed by atoms with E-state index in [2.05, 4.69) is 15.2 Å². The van der Waals surface area contributed by atoms with Crippen molar-refractivity contribution in [1.29, 1.82) is 0 Å². The summed E-state index contributed by atoms with van der Waals surface area (Å²) in [5, 5.41) is 7.98. The standard InChI is InChI=1S/C17H17N3O4S2/c1-10-4-6-13(7-5-10)18-16(21)15-14(8-9-25-15)26(22,23)20-17-11(2)12(3)19-24-17/h4-9,20H,1-3H3,(H,18,21). The lowest BCUT2D eigenvalue weighted by Crippen LogP contribution is -2.18. The van der Waals surface area contributed by atoms with Crippen LogP contribution in [0.2, 0.25) is 0 Å². The average Bonchev–Trinajstić information content (AvgIpc) is 3.20. The molecule has 2 N–H and O–H groups in total. The van der Waals surface area contributed by atoms with Crippen LogP contribution in [0.4, 0.5) is 11.6 Å². The maximum Gasteiger partial charge on any atom is 0.267 e. The van der Waals surface area contributed by atoms with Crippen LogP contribution in [0.25, 0.3) is 0 Å². The molecule has 2 aromatic heterocycles. The van der Waals surface area contributed by atoms with Gasteiger partial charge in [-0.25, -0.2) is 13.1 Å². The lowest BCUT2D eigenvalue weighted by atomic mass is 10.2. The van der Waals surface area contributed by atoms with Gasteiger partial charge in [-0.15, -0.1) is 11.3 Å². The molecule has 0 saturated carbocycles. The Bertz CT molecular complexity index is 1050. The van der Waals surface area contributed by atoms with Crippen LogP contribution in [0, 0.1) is 20.8 Å². The Labute approximate surface area is 155 Å². The fourth-order valence-corrected chi connectivity index (χ4v) is 4.56. The van der Waals surface area contributed by atoms with Gasteiger partial charge < -0.3 is 9.84 Å². The molecule has 2 heterocycles. The number of aromatic nitrogens is 1. The van der Waals surface area contributed by atoms with Gasteiger partial charge in [0.15, 0.2) is 0 Å². The van der Waals surface area contributed by atoms with Gasteiger partial charge in [-0.05, 0) is 44.4 Å². The van der Waals surface area contributed by atoms with Gasteiger partial charge >= 0.3 is 0 Å². The van der Waals surface area contributed by atoms with E-state index in [1.807, 2.05) is 19.1 Å². The van der Waals surface area contributed by atoms with Crippen molar-refractivity contribution in [1.82, 2.24) is 5.16 Å². The summed E-state index contributed by atoms with van der Waals surface area (Å²) in [7, 11) is -3.99. The highest BCUT2D eigenvalue weighted by Crippen LogP contribution is 2.27. The summed E-state index contributed by atoms with van der Waals surface area (Å²) in [4.78, 5) is 12.5. The number of benzene rings is 1. The van der Waals surface area contributed by atoms with Gasteiger partial charge in [0, 0.05) is 11.3 Å². The van der Waals surface area contributed by atoms with E-state index in [-0.39, 0.29) is 15.7 Å². The molecule has 26 heavy (non-hydrogen) atoms. The van der Waals surface area contributed by atoms with Gasteiger partial charge in [0.1, 0.15) is 9.77 Å². The molecule has 0 aliphatic carbocycles. The van der Waals surface area contributed by atoms with Crippen LogP contribution in [-0.2, 0) is 10.0 Å². The molecular formula is C17H17N3O4S2. The van der Waals surface area contributed by atoms with Crippen LogP contribution in [0.5, 0.6) is 0 Å². The summed E-state index contributed by atoms with van der Waals surface area (Å²) in [6.45, 7) is 5.35. The molecule has 0 aliphatic heterocycles. The first-order chi connectivity index (χ1) is 12.3. The van der Waals surface area contributed by atoms with E-state index < -0.39 is 15.9 Å². The number of anilines is 2. The Morgan fingerprint density at radius 3 is 2.42 bits per heavy atom. The highest BCUT2D eigenvalue weighted by atomic mass is 32.2. The Balaban J connectivity index is 1.86. The molecule has 1 amide bonds. The number of nitrogens with zero attached hydrogens (tertiary/aromatic N) is 1. The number of carbonyl (C=O) groups excluding carboxylic acids is 1. The molecule has 0 unspecified atom stereocenters. The number of thiophene rings is 1. The largest absolute Gasteiger partial charge is 0.337 e. The topological polar surface area (TPSA) is 101 Å². The first-order valence-corrected chi connectivity index (χ1v) is 10.1. The summed E-state index contributed by atoms with van der Waals surface area (Å²) < 4.78 is 32.7. The predicted molar refractivity (Wildman–Crippen MR) is 100 cm³/mol. The van der Waals surface area contributed by atoms with E-state index in [9.17, 15) is 13.2 Å². The summed E-state index contributed by atoms with van der Waals surface area (Å²) in [6.07, 6.45) is 0. The van der Waals surface area contributed by atoms with Gasteiger partial charge in [-0.2, -0.15) is 0 Å². The van der Waals surface area contributed by atoms with Gasteiger partial charge in [-0.3, -0.25) is 4.79 Å². The lowest BCUT2D eigenvalue weighted by molar-refractivity contribution is 0.102. The number of aryl methyl sites for hydroxylation is 2. The Morgan fingerprint density at radius 2 is 1.81 bits per heavy atom. The second kappa shape index (κ2) is 6.93. The molecule has 9 heteroatoms. The zero-order valence-corrected chi connectivity index (χ0v) is 16.0. The maximum absolute atomic E-state index is 12.7. The van der Waals surface area contributed by atoms with Crippen molar-refractivity contribution >= 4 is 38.8 Å². The molecule has 0 atom stereocenters. The van der Waals surface area contributed by atoms with Crippen molar-refractivity contribution in [3.05, 3.63) is 57.4 Å². The molecular weight excluding hydrogens is 374 g/mol. The van der Waals surface area contributed by atoms with Crippen molar-refractivity contribution in [2.24, 2.45) is 0 Å². The highest BCUT2D eigenvalue weighted by molar-refractivity contribution is 7.93. The third-order valence-electron chi connectivity index (χ3n) is 3.82. The molecule has 136 valence electrons. The van der Waals surface area contributed by atoms with Crippen LogP contribution in [0.3, 0.4) is 0 Å². The number of sulfonamides is 1. The molecule has 3 rings (SSSR count). The van der Waals surface area contributed by atoms with E-state index in [0.717, 1.165) is 16.9 Å². The summed E-state index contributed by atoms with van der Waals surface area (Å²) in [5.74, 6) is -0.451. The van der Waals surface area contributed by atoms with Crippen molar-refractivity contribution in [2.75, 3.05) is 10.0 Å². The van der Waals surface area contributed by atoms with Crippen LogP contribution in [-0.4, -0.2) is 19.5 Å². The normalized spacial score (nSPS) is 11.3. The van der Waals surface area contributed by atoms with E-state index >= 15 is 0 Å². The van der Waals surface area contributed by atoms with Crippen LogP contribution in [0.15, 0.2) is 45.1 Å². The Hall–Kier alpha value is -2.65. The van der Waals surface area contributed by atoms with E-state index in [1.54, 1.807) is 31.4 Å². The molecule has 0 aliphatic rings. The van der Waals surface area contributed by atoms with Crippen molar-refractivity contribution in [3.8, 4) is 0 Å². The molecule has 0 fully saturated rings. The number of nitrogens with one attached hydrogen (secondary N) is 2. The number of carbonyl (C=O) groups is 1. The summed E-state index contributed by atoms with van der Waals surface area (Å²) in [6, 6.07) is 8.62. The molecule has 3 aromatic rings. The second-order valence-electron chi connectivity index (χ2n) is 5.76. The van der Waals surface area contributed by atoms with Gasteiger partial charge in [0.05, 0.1) is 5.69 Å². The van der Waals surface area contributed by atoms with Crippen LogP contribution in [0.1, 0.15) is 26.5 Å². The van der Waals surface area contributed by atoms with Crippen molar-refractivity contribution in [3.63, 3.8) is 0 Å². The van der Waals surface area contributed by atoms with E-state index in [1.165, 1.54) is 6.07 Å². The first-order valence-electron chi connectivity index (χ1n) is 7.69. The van der Waals surface area contributed by atoms with Crippen LogP contribution < -0.4 is 10.0 Å². The fourth-order valence-electron chi connectivity index (χ4n) is 2.19. The SMILES string of the molecule is Cc1ccc(NC(=O)c2sccc2S(=O)(=O)Nc2onc(C)c2C)cc1. The smallest absolute Gasteiger partial charge is 0.267 e. The van der Waals surface area contributed by atoms with Crippen molar-refractivity contribution in [2.45, 2.75) is 25.7 Å². The quantitative estimate of drug-likeness (QED) is 0.690. The van der Waals surface area contributed by atoms with E-state index in [0.29, 0.717) is 16.9 Å². The third kappa shape index (κ3) is 3.63. The van der Waals surface area contributed by atoms with Crippen LogP contribution >= 0.6 is 11.3 Å². The molecule has 0 bridgehead atoms. The molecule has 7 nitrogen and oxygen atoms in total. The number of rotatable bonds is 5. The highest BCUT2D eigenvalue weighted by Gasteiger charge is 2.26. The summed E-state index contributed by atoms with van der Waals surface area (Å²) >= 11 is 1.05. The number of amides is 1. The molecule has 0 spiro atoms. The average molecular weight is 391 g/mol. The predicted octanol–water partition coefficient (Wildman–Crippen LogP) is 3.71. The number of hydrogen-bond donors (Lipinski definition) is 2.